The lowest BCUT2D eigenvalue weighted by Gasteiger charge is -1.87. The molecule has 0 spiro atoms. The first kappa shape index (κ1) is 7.14. The van der Waals surface area contributed by atoms with E-state index in [1.54, 1.807) is 0 Å². The van der Waals surface area contributed by atoms with E-state index in [0.717, 1.165) is 4.88 Å². The third-order valence-corrected chi connectivity index (χ3v) is 1.74. The predicted octanol–water partition coefficient (Wildman–Crippen LogP) is 0.474. The minimum absolute atomic E-state index is 0.0255. The summed E-state index contributed by atoms with van der Waals surface area (Å²) in [7, 11) is 0. The van der Waals surface area contributed by atoms with Crippen LogP contribution in [0.5, 0.6) is 0 Å². The van der Waals surface area contributed by atoms with Gasteiger partial charge in [0.1, 0.15) is 0 Å². The molecule has 0 amide bonds. The zero-order valence-corrected chi connectivity index (χ0v) is 6.18. The Balaban J connectivity index is 2.74. The molecule has 1 aromatic rings. The van der Waals surface area contributed by atoms with Crippen LogP contribution in [0.2, 0.25) is 0 Å². The Labute approximate surface area is 61.7 Å². The maximum Gasteiger partial charge on any atom is 0.309 e. The second-order valence-corrected chi connectivity index (χ2v) is 2.80. The minimum Gasteiger partial charge on any atom is -0.481 e. The fourth-order valence-electron chi connectivity index (χ4n) is 0.557. The number of carboxylic acid groups (broad SMARTS) is 1. The Morgan fingerprint density at radius 2 is 2.50 bits per heavy atom. The fourth-order valence-corrected chi connectivity index (χ4v) is 1.04. The van der Waals surface area contributed by atoms with E-state index in [9.17, 15) is 4.79 Å². The summed E-state index contributed by atoms with van der Waals surface area (Å²) in [6.45, 7) is 1.81. The molecule has 1 N–H and O–H groups in total. The van der Waals surface area contributed by atoms with Crippen LogP contribution in [0.4, 0.5) is 0 Å². The highest BCUT2D eigenvalue weighted by atomic mass is 32.1. The number of carbonyl (C=O) groups is 1. The van der Waals surface area contributed by atoms with Crippen LogP contribution in [0.25, 0.3) is 0 Å². The lowest BCUT2D eigenvalue weighted by atomic mass is 10.3. The van der Waals surface area contributed by atoms with E-state index in [2.05, 4.69) is 9.59 Å². The molecule has 0 radical (unpaired) electrons. The van der Waals surface area contributed by atoms with Gasteiger partial charge >= 0.3 is 5.97 Å². The van der Waals surface area contributed by atoms with Crippen LogP contribution in [0.1, 0.15) is 10.6 Å². The van der Waals surface area contributed by atoms with Gasteiger partial charge in [-0.05, 0) is 18.5 Å². The third-order valence-electron chi connectivity index (χ3n) is 1.06. The lowest BCUT2D eigenvalue weighted by molar-refractivity contribution is -0.136. The summed E-state index contributed by atoms with van der Waals surface area (Å²) in [5.41, 5.74) is 0.567. The minimum atomic E-state index is -0.865. The third kappa shape index (κ3) is 1.51. The van der Waals surface area contributed by atoms with E-state index >= 15 is 0 Å². The van der Waals surface area contributed by atoms with Gasteiger partial charge in [-0.3, -0.25) is 4.79 Å². The van der Waals surface area contributed by atoms with Crippen LogP contribution in [0.15, 0.2) is 0 Å². The van der Waals surface area contributed by atoms with Crippen molar-refractivity contribution in [1.82, 2.24) is 9.59 Å². The highest BCUT2D eigenvalue weighted by molar-refractivity contribution is 7.05. The molecule has 1 heterocycles. The van der Waals surface area contributed by atoms with Gasteiger partial charge in [0.05, 0.1) is 12.1 Å². The normalized spacial score (nSPS) is 9.70. The Morgan fingerprint density at radius 3 is 2.90 bits per heavy atom. The molecule has 0 saturated carbocycles. The van der Waals surface area contributed by atoms with E-state index in [1.165, 1.54) is 11.5 Å². The van der Waals surface area contributed by atoms with Gasteiger partial charge in [-0.15, -0.1) is 5.10 Å². The highest BCUT2D eigenvalue weighted by Crippen LogP contribution is 2.07. The van der Waals surface area contributed by atoms with Gasteiger partial charge in [-0.25, -0.2) is 0 Å². The molecule has 0 aliphatic carbocycles. The Kier molecular flexibility index (Phi) is 1.96. The molecule has 0 atom stereocenters. The number of hydrogen-bond donors (Lipinski definition) is 1. The quantitative estimate of drug-likeness (QED) is 0.679. The summed E-state index contributed by atoms with van der Waals surface area (Å²) < 4.78 is 3.60. The first-order chi connectivity index (χ1) is 4.70. The maximum atomic E-state index is 10.2. The first-order valence-corrected chi connectivity index (χ1v) is 3.47. The van der Waals surface area contributed by atoms with Gasteiger partial charge in [0, 0.05) is 4.88 Å². The zero-order valence-electron chi connectivity index (χ0n) is 5.37. The van der Waals surface area contributed by atoms with Gasteiger partial charge in [-0.2, -0.15) is 0 Å². The number of aromatic nitrogens is 2. The summed E-state index contributed by atoms with van der Waals surface area (Å²) in [5.74, 6) is -0.865. The van der Waals surface area contributed by atoms with E-state index in [1.807, 2.05) is 6.92 Å². The maximum absolute atomic E-state index is 10.2. The van der Waals surface area contributed by atoms with Crippen molar-refractivity contribution in [1.29, 1.82) is 0 Å². The zero-order chi connectivity index (χ0) is 7.56. The van der Waals surface area contributed by atoms with Crippen molar-refractivity contribution < 1.29 is 9.90 Å². The summed E-state index contributed by atoms with van der Waals surface area (Å²) in [6, 6.07) is 0. The van der Waals surface area contributed by atoms with E-state index in [0.29, 0.717) is 5.69 Å². The molecule has 0 fully saturated rings. The molecule has 1 aromatic heterocycles. The van der Waals surface area contributed by atoms with Crippen LogP contribution in [0, 0.1) is 6.92 Å². The Hall–Kier alpha value is -0.970. The van der Waals surface area contributed by atoms with Crippen LogP contribution >= 0.6 is 11.5 Å². The number of aliphatic carboxylic acids is 1. The van der Waals surface area contributed by atoms with Crippen LogP contribution in [-0.2, 0) is 11.2 Å². The summed E-state index contributed by atoms with van der Waals surface area (Å²) >= 11 is 1.22. The summed E-state index contributed by atoms with van der Waals surface area (Å²) in [5, 5.41) is 12.0. The van der Waals surface area contributed by atoms with Gasteiger partial charge in [0.25, 0.3) is 0 Å². The molecule has 10 heavy (non-hydrogen) atoms. The molecule has 5 heteroatoms. The largest absolute Gasteiger partial charge is 0.481 e. The van der Waals surface area contributed by atoms with Crippen LogP contribution in [-0.4, -0.2) is 20.7 Å². The van der Waals surface area contributed by atoms with Gasteiger partial charge in [0.2, 0.25) is 0 Å². The molecular weight excluding hydrogens is 152 g/mol. The van der Waals surface area contributed by atoms with E-state index in [-0.39, 0.29) is 6.42 Å². The average Bonchev–Trinajstić information content (AvgIpc) is 2.15. The Bertz CT molecular complexity index is 246. The second kappa shape index (κ2) is 2.74. The van der Waals surface area contributed by atoms with Crippen LogP contribution < -0.4 is 0 Å². The molecular formula is C5H6N2O2S. The fraction of sp³-hybridized carbons (Fsp3) is 0.400. The van der Waals surface area contributed by atoms with Gasteiger partial charge in [0.15, 0.2) is 0 Å². The summed E-state index contributed by atoms with van der Waals surface area (Å²) in [6.07, 6.45) is -0.0255. The molecule has 54 valence electrons. The van der Waals surface area contributed by atoms with Gasteiger partial charge < -0.3 is 5.11 Å². The topological polar surface area (TPSA) is 63.1 Å². The van der Waals surface area contributed by atoms with Crippen molar-refractivity contribution in [2.45, 2.75) is 13.3 Å². The lowest BCUT2D eigenvalue weighted by Crippen LogP contribution is -2.01. The molecule has 0 unspecified atom stereocenters. The molecule has 0 bridgehead atoms. The highest BCUT2D eigenvalue weighted by Gasteiger charge is 2.06. The van der Waals surface area contributed by atoms with Crippen molar-refractivity contribution in [3.8, 4) is 0 Å². The molecule has 4 nitrogen and oxygen atoms in total. The van der Waals surface area contributed by atoms with E-state index < -0.39 is 5.97 Å². The number of aryl methyl sites for hydroxylation is 1. The van der Waals surface area contributed by atoms with Crippen molar-refractivity contribution >= 4 is 17.5 Å². The van der Waals surface area contributed by atoms with E-state index in [4.69, 9.17) is 5.11 Å². The first-order valence-electron chi connectivity index (χ1n) is 2.70. The number of hydrogen-bond acceptors (Lipinski definition) is 4. The molecule has 0 aromatic carbocycles. The number of nitrogens with zero attached hydrogens (tertiary/aromatic N) is 2. The van der Waals surface area contributed by atoms with Gasteiger partial charge in [-0.1, -0.05) is 4.49 Å². The number of carboxylic acids is 1. The number of rotatable bonds is 2. The monoisotopic (exact) mass is 158 g/mol. The SMILES string of the molecule is Cc1snnc1CC(=O)O. The van der Waals surface area contributed by atoms with Crippen molar-refractivity contribution in [2.24, 2.45) is 0 Å². The molecule has 1 rings (SSSR count). The summed E-state index contributed by atoms with van der Waals surface area (Å²) in [4.78, 5) is 11.0. The second-order valence-electron chi connectivity index (χ2n) is 1.85. The standard InChI is InChI=1S/C5H6N2O2S/c1-3-4(2-5(8)9)6-7-10-3/h2H2,1H3,(H,8,9). The van der Waals surface area contributed by atoms with Crippen molar-refractivity contribution in [2.75, 3.05) is 0 Å². The van der Waals surface area contributed by atoms with Crippen LogP contribution in [0.3, 0.4) is 0 Å². The van der Waals surface area contributed by atoms with Crippen molar-refractivity contribution in [3.63, 3.8) is 0 Å². The average molecular weight is 158 g/mol. The smallest absolute Gasteiger partial charge is 0.309 e. The van der Waals surface area contributed by atoms with Crippen molar-refractivity contribution in [3.05, 3.63) is 10.6 Å². The molecule has 0 aliphatic rings. The molecule has 0 saturated heterocycles. The predicted molar refractivity (Wildman–Crippen MR) is 36.0 cm³/mol. The molecule has 0 aliphatic heterocycles. The Morgan fingerprint density at radius 1 is 1.80 bits per heavy atom.